The van der Waals surface area contributed by atoms with Gasteiger partial charge in [0.05, 0.1) is 22.9 Å². The van der Waals surface area contributed by atoms with Crippen LogP contribution in [0.3, 0.4) is 0 Å². The van der Waals surface area contributed by atoms with E-state index < -0.39 is 22.2 Å². The van der Waals surface area contributed by atoms with Gasteiger partial charge in [-0.25, -0.2) is 8.42 Å². The Labute approximate surface area is 134 Å². The average molecular weight is 353 g/mol. The molecule has 0 aromatic heterocycles. The first-order chi connectivity index (χ1) is 9.75. The van der Waals surface area contributed by atoms with Gasteiger partial charge in [-0.1, -0.05) is 36.0 Å². The molecule has 0 radical (unpaired) electrons. The molecule has 0 spiro atoms. The molecule has 1 aromatic carbocycles. The van der Waals surface area contributed by atoms with Crippen molar-refractivity contribution in [3.05, 3.63) is 22.2 Å². The number of nitrogen functional groups attached to an aromatic ring is 1. The normalized spacial score (nSPS) is 23.5. The molecule has 2 atom stereocenters. The van der Waals surface area contributed by atoms with Crippen molar-refractivity contribution < 1.29 is 13.5 Å². The van der Waals surface area contributed by atoms with E-state index in [1.807, 2.05) is 0 Å². The van der Waals surface area contributed by atoms with E-state index in [4.69, 9.17) is 28.9 Å². The molecular weight excluding hydrogens is 335 g/mol. The average Bonchev–Trinajstić information content (AvgIpc) is 2.36. The summed E-state index contributed by atoms with van der Waals surface area (Å²) in [4.78, 5) is -0.158. The Morgan fingerprint density at radius 2 is 1.90 bits per heavy atom. The molecule has 0 bridgehead atoms. The number of aliphatic hydroxyl groups is 1. The van der Waals surface area contributed by atoms with E-state index in [0.717, 1.165) is 12.8 Å². The molecule has 2 rings (SSSR count). The Kier molecular flexibility index (Phi) is 5.05. The Morgan fingerprint density at radius 3 is 2.48 bits per heavy atom. The van der Waals surface area contributed by atoms with Gasteiger partial charge in [0.15, 0.2) is 0 Å². The van der Waals surface area contributed by atoms with Crippen molar-refractivity contribution in [3.63, 3.8) is 0 Å². The lowest BCUT2D eigenvalue weighted by Crippen LogP contribution is -2.46. The summed E-state index contributed by atoms with van der Waals surface area (Å²) in [6, 6.07) is 2.23. The van der Waals surface area contributed by atoms with E-state index in [-0.39, 0.29) is 20.6 Å². The number of nitrogens with zero attached hydrogens (tertiary/aromatic N) is 1. The Morgan fingerprint density at radius 1 is 1.29 bits per heavy atom. The fourth-order valence-corrected chi connectivity index (χ4v) is 5.04. The molecule has 0 saturated heterocycles. The summed E-state index contributed by atoms with van der Waals surface area (Å²) in [5, 5.41) is 10.3. The molecule has 0 heterocycles. The largest absolute Gasteiger partial charge is 0.398 e. The Bertz CT molecular complexity index is 613. The Hall–Kier alpha value is -0.530. The molecule has 1 fully saturated rings. The third kappa shape index (κ3) is 3.29. The molecule has 21 heavy (non-hydrogen) atoms. The van der Waals surface area contributed by atoms with Crippen molar-refractivity contribution in [3.8, 4) is 0 Å². The van der Waals surface area contributed by atoms with E-state index in [1.165, 1.54) is 23.5 Å². The van der Waals surface area contributed by atoms with Crippen LogP contribution >= 0.6 is 23.2 Å². The molecule has 8 heteroatoms. The number of hydrogen-bond acceptors (Lipinski definition) is 4. The summed E-state index contributed by atoms with van der Waals surface area (Å²) in [5.41, 5.74) is 5.78. The van der Waals surface area contributed by atoms with Crippen LogP contribution in [0, 0.1) is 0 Å². The zero-order valence-corrected chi connectivity index (χ0v) is 13.9. The van der Waals surface area contributed by atoms with Crippen molar-refractivity contribution in [1.82, 2.24) is 4.31 Å². The molecule has 5 nitrogen and oxygen atoms in total. The topological polar surface area (TPSA) is 83.6 Å². The van der Waals surface area contributed by atoms with Gasteiger partial charge in [0.2, 0.25) is 10.0 Å². The summed E-state index contributed by atoms with van der Waals surface area (Å²) in [6.45, 7) is 0. The second-order valence-corrected chi connectivity index (χ2v) is 8.02. The standard InChI is InChI=1S/C13H18Cl2N2O3S/c1-17(11-4-2-3-5-12(11)18)21(19,20)13-9(15)6-8(14)7-10(13)16/h6-7,11-12,18H,2-5,16H2,1H3. The van der Waals surface area contributed by atoms with Crippen LogP contribution in [0.1, 0.15) is 25.7 Å². The van der Waals surface area contributed by atoms with Crippen LogP contribution in [0.25, 0.3) is 0 Å². The summed E-state index contributed by atoms with van der Waals surface area (Å²) in [6.07, 6.45) is 2.31. The molecule has 2 unspecified atom stereocenters. The third-order valence-corrected chi connectivity index (χ3v) is 6.46. The monoisotopic (exact) mass is 352 g/mol. The molecule has 1 aliphatic carbocycles. The van der Waals surface area contributed by atoms with Crippen LogP contribution in [-0.2, 0) is 10.0 Å². The lowest BCUT2D eigenvalue weighted by atomic mass is 9.93. The van der Waals surface area contributed by atoms with Crippen LogP contribution in [0.2, 0.25) is 10.0 Å². The van der Waals surface area contributed by atoms with Gasteiger partial charge in [-0.15, -0.1) is 0 Å². The fourth-order valence-electron chi connectivity index (χ4n) is 2.69. The highest BCUT2D eigenvalue weighted by atomic mass is 35.5. The lowest BCUT2D eigenvalue weighted by Gasteiger charge is -2.34. The second kappa shape index (κ2) is 6.30. The number of aliphatic hydroxyl groups excluding tert-OH is 1. The molecule has 0 aliphatic heterocycles. The van der Waals surface area contributed by atoms with Gasteiger partial charge in [0, 0.05) is 12.1 Å². The van der Waals surface area contributed by atoms with Crippen molar-refractivity contribution >= 4 is 38.9 Å². The van der Waals surface area contributed by atoms with Crippen molar-refractivity contribution in [2.75, 3.05) is 12.8 Å². The number of likely N-dealkylation sites (N-methyl/N-ethyl adjacent to an activating group) is 1. The van der Waals surface area contributed by atoms with E-state index in [9.17, 15) is 13.5 Å². The first-order valence-corrected chi connectivity index (χ1v) is 8.85. The van der Waals surface area contributed by atoms with E-state index >= 15 is 0 Å². The maximum atomic E-state index is 12.7. The summed E-state index contributed by atoms with van der Waals surface area (Å²) < 4.78 is 26.6. The quantitative estimate of drug-likeness (QED) is 0.818. The Balaban J connectivity index is 2.42. The molecular formula is C13H18Cl2N2O3S. The zero-order chi connectivity index (χ0) is 15.8. The number of anilines is 1. The predicted octanol–water partition coefficient (Wildman–Crippen LogP) is 2.50. The lowest BCUT2D eigenvalue weighted by molar-refractivity contribution is 0.0638. The van der Waals surface area contributed by atoms with Gasteiger partial charge in [0.1, 0.15) is 4.90 Å². The smallest absolute Gasteiger partial charge is 0.246 e. The summed E-state index contributed by atoms with van der Waals surface area (Å²) in [7, 11) is -2.45. The first-order valence-electron chi connectivity index (χ1n) is 6.65. The fraction of sp³-hybridized carbons (Fsp3) is 0.538. The van der Waals surface area contributed by atoms with Crippen molar-refractivity contribution in [2.24, 2.45) is 0 Å². The highest BCUT2D eigenvalue weighted by molar-refractivity contribution is 7.89. The number of rotatable bonds is 3. The van der Waals surface area contributed by atoms with E-state index in [1.54, 1.807) is 0 Å². The number of halogens is 2. The molecule has 1 saturated carbocycles. The van der Waals surface area contributed by atoms with Crippen molar-refractivity contribution in [1.29, 1.82) is 0 Å². The van der Waals surface area contributed by atoms with E-state index in [0.29, 0.717) is 12.8 Å². The van der Waals surface area contributed by atoms with Crippen molar-refractivity contribution in [2.45, 2.75) is 42.7 Å². The highest BCUT2D eigenvalue weighted by Crippen LogP contribution is 2.35. The number of nitrogens with two attached hydrogens (primary N) is 1. The predicted molar refractivity (Wildman–Crippen MR) is 84.1 cm³/mol. The minimum atomic E-state index is -3.89. The summed E-state index contributed by atoms with van der Waals surface area (Å²) in [5.74, 6) is 0. The number of hydrogen-bond donors (Lipinski definition) is 2. The van der Waals surface area contributed by atoms with Gasteiger partial charge in [0.25, 0.3) is 0 Å². The first kappa shape index (κ1) is 16.8. The van der Waals surface area contributed by atoms with Crippen LogP contribution < -0.4 is 5.73 Å². The maximum absolute atomic E-state index is 12.7. The van der Waals surface area contributed by atoms with Gasteiger partial charge in [-0.05, 0) is 25.0 Å². The number of benzene rings is 1. The molecule has 0 amide bonds. The maximum Gasteiger partial charge on any atom is 0.246 e. The van der Waals surface area contributed by atoms with E-state index in [2.05, 4.69) is 0 Å². The molecule has 3 N–H and O–H groups in total. The summed E-state index contributed by atoms with van der Waals surface area (Å²) >= 11 is 11.8. The minimum absolute atomic E-state index is 0.00430. The van der Waals surface area contributed by atoms with Crippen LogP contribution in [-0.4, -0.2) is 37.0 Å². The van der Waals surface area contributed by atoms with Gasteiger partial charge in [-0.3, -0.25) is 0 Å². The minimum Gasteiger partial charge on any atom is -0.398 e. The van der Waals surface area contributed by atoms with Crippen LogP contribution in [0.4, 0.5) is 5.69 Å². The van der Waals surface area contributed by atoms with Crippen LogP contribution in [0.15, 0.2) is 17.0 Å². The second-order valence-electron chi connectivity index (χ2n) is 5.25. The third-order valence-electron chi connectivity index (χ3n) is 3.84. The van der Waals surface area contributed by atoms with Crippen LogP contribution in [0.5, 0.6) is 0 Å². The highest BCUT2D eigenvalue weighted by Gasteiger charge is 2.36. The van der Waals surface area contributed by atoms with Gasteiger partial charge in [-0.2, -0.15) is 4.31 Å². The zero-order valence-electron chi connectivity index (χ0n) is 11.6. The molecule has 1 aromatic rings. The van der Waals surface area contributed by atoms with Gasteiger partial charge >= 0.3 is 0 Å². The SMILES string of the molecule is CN(C1CCCCC1O)S(=O)(=O)c1c(N)cc(Cl)cc1Cl. The van der Waals surface area contributed by atoms with Gasteiger partial charge < -0.3 is 10.8 Å². The number of sulfonamides is 1. The molecule has 1 aliphatic rings. The molecule has 118 valence electrons.